The lowest BCUT2D eigenvalue weighted by Gasteiger charge is -2.02. The van der Waals surface area contributed by atoms with Gasteiger partial charge in [0.25, 0.3) is 0 Å². The third-order valence-electron chi connectivity index (χ3n) is 2.74. The highest BCUT2D eigenvalue weighted by Gasteiger charge is 2.22. The molecule has 1 aromatic heterocycles. The highest BCUT2D eigenvalue weighted by Crippen LogP contribution is 2.29. The first-order valence-electron chi connectivity index (χ1n) is 5.70. The van der Waals surface area contributed by atoms with E-state index in [1.807, 2.05) is 0 Å². The third kappa shape index (κ3) is 2.28. The van der Waals surface area contributed by atoms with Gasteiger partial charge in [-0.3, -0.25) is 0 Å². The van der Waals surface area contributed by atoms with Crippen molar-refractivity contribution in [3.05, 3.63) is 24.0 Å². The summed E-state index contributed by atoms with van der Waals surface area (Å²) < 4.78 is 22.5. The van der Waals surface area contributed by atoms with Crippen molar-refractivity contribution in [3.8, 4) is 17.1 Å². The molecule has 0 spiro atoms. The lowest BCUT2D eigenvalue weighted by Crippen LogP contribution is -1.99. The molecule has 0 aliphatic heterocycles. The normalized spacial score (nSPS) is 14.6. The van der Waals surface area contributed by atoms with Crippen LogP contribution >= 0.6 is 11.5 Å². The van der Waals surface area contributed by atoms with Crippen LogP contribution in [0.2, 0.25) is 0 Å². The number of hydrogen-bond acceptors (Lipinski definition) is 5. The van der Waals surface area contributed by atoms with Gasteiger partial charge in [-0.2, -0.15) is 9.36 Å². The van der Waals surface area contributed by atoms with Crippen LogP contribution in [0.15, 0.2) is 18.2 Å². The number of hydrogen-bond donors (Lipinski definition) is 1. The fourth-order valence-electron chi connectivity index (χ4n) is 1.60. The first-order valence-corrected chi connectivity index (χ1v) is 6.48. The summed E-state index contributed by atoms with van der Waals surface area (Å²) in [5.41, 5.74) is 0.758. The number of nitrogens with zero attached hydrogens (tertiary/aromatic N) is 2. The van der Waals surface area contributed by atoms with Gasteiger partial charge in [0.2, 0.25) is 5.13 Å². The number of aromatic nitrogens is 2. The van der Waals surface area contributed by atoms with Gasteiger partial charge >= 0.3 is 0 Å². The Morgan fingerprint density at radius 2 is 2.28 bits per heavy atom. The van der Waals surface area contributed by atoms with E-state index in [4.69, 9.17) is 4.74 Å². The van der Waals surface area contributed by atoms with Crippen molar-refractivity contribution in [2.75, 3.05) is 12.4 Å². The van der Waals surface area contributed by atoms with Gasteiger partial charge in [0.05, 0.1) is 7.11 Å². The molecule has 1 heterocycles. The second-order valence-electron chi connectivity index (χ2n) is 4.19. The minimum atomic E-state index is -0.382. The monoisotopic (exact) mass is 265 g/mol. The van der Waals surface area contributed by atoms with Crippen LogP contribution in [0.3, 0.4) is 0 Å². The Bertz CT molecular complexity index is 568. The Kier molecular flexibility index (Phi) is 2.87. The van der Waals surface area contributed by atoms with E-state index >= 15 is 0 Å². The lowest BCUT2D eigenvalue weighted by atomic mass is 10.2. The van der Waals surface area contributed by atoms with Crippen LogP contribution in [-0.4, -0.2) is 22.5 Å². The minimum absolute atomic E-state index is 0.207. The molecule has 1 saturated carbocycles. The number of methoxy groups -OCH3 is 1. The zero-order valence-corrected chi connectivity index (χ0v) is 10.6. The van der Waals surface area contributed by atoms with Crippen LogP contribution in [0.4, 0.5) is 9.52 Å². The van der Waals surface area contributed by atoms with Gasteiger partial charge in [0.15, 0.2) is 17.4 Å². The molecule has 0 saturated heterocycles. The molecule has 0 radical (unpaired) electrons. The predicted molar refractivity (Wildman–Crippen MR) is 68.5 cm³/mol. The lowest BCUT2D eigenvalue weighted by molar-refractivity contribution is 0.387. The second-order valence-corrected chi connectivity index (χ2v) is 4.94. The van der Waals surface area contributed by atoms with Crippen LogP contribution in [-0.2, 0) is 0 Å². The molecule has 1 aliphatic rings. The fourth-order valence-corrected chi connectivity index (χ4v) is 2.27. The first-order chi connectivity index (χ1) is 8.76. The van der Waals surface area contributed by atoms with E-state index in [2.05, 4.69) is 14.7 Å². The molecule has 1 aromatic carbocycles. The van der Waals surface area contributed by atoms with Crippen molar-refractivity contribution in [2.24, 2.45) is 0 Å². The van der Waals surface area contributed by atoms with E-state index < -0.39 is 0 Å². The van der Waals surface area contributed by atoms with Crippen molar-refractivity contribution in [2.45, 2.75) is 18.9 Å². The number of benzene rings is 1. The van der Waals surface area contributed by atoms with Crippen LogP contribution in [0, 0.1) is 5.82 Å². The molecule has 0 amide bonds. The number of ether oxygens (including phenoxy) is 1. The molecule has 0 bridgehead atoms. The maximum Gasteiger partial charge on any atom is 0.203 e. The van der Waals surface area contributed by atoms with Gasteiger partial charge in [0, 0.05) is 23.1 Å². The zero-order chi connectivity index (χ0) is 12.5. The SMILES string of the molecule is COc1cc(-c2nsc(NC3CC3)n2)ccc1F. The molecule has 6 heteroatoms. The van der Waals surface area contributed by atoms with Gasteiger partial charge in [0.1, 0.15) is 0 Å². The summed E-state index contributed by atoms with van der Waals surface area (Å²) in [6, 6.07) is 5.18. The summed E-state index contributed by atoms with van der Waals surface area (Å²) in [6.07, 6.45) is 2.39. The molecular formula is C12H12FN3OS. The Labute approximate surface area is 108 Å². The molecular weight excluding hydrogens is 253 g/mol. The maximum atomic E-state index is 13.3. The van der Waals surface area contributed by atoms with E-state index in [0.717, 1.165) is 10.7 Å². The topological polar surface area (TPSA) is 47.0 Å². The number of nitrogens with one attached hydrogen (secondary N) is 1. The third-order valence-corrected chi connectivity index (χ3v) is 3.39. The van der Waals surface area contributed by atoms with Crippen molar-refractivity contribution in [1.29, 1.82) is 0 Å². The Hall–Kier alpha value is -1.69. The standard InChI is InChI=1S/C12H12FN3OS/c1-17-10-6-7(2-5-9(10)13)11-15-12(18-16-11)14-8-3-4-8/h2,5-6,8H,3-4H2,1H3,(H,14,15,16). The Balaban J connectivity index is 1.86. The molecule has 0 unspecified atom stereocenters. The Morgan fingerprint density at radius 1 is 1.44 bits per heavy atom. The molecule has 2 aromatic rings. The first kappa shape index (κ1) is 11.4. The minimum Gasteiger partial charge on any atom is -0.494 e. The van der Waals surface area contributed by atoms with Crippen LogP contribution < -0.4 is 10.1 Å². The number of rotatable bonds is 4. The van der Waals surface area contributed by atoms with Crippen LogP contribution in [0.1, 0.15) is 12.8 Å². The maximum absolute atomic E-state index is 13.3. The van der Waals surface area contributed by atoms with Gasteiger partial charge < -0.3 is 10.1 Å². The van der Waals surface area contributed by atoms with Gasteiger partial charge in [-0.15, -0.1) is 0 Å². The average molecular weight is 265 g/mol. The summed E-state index contributed by atoms with van der Waals surface area (Å²) >= 11 is 1.32. The van der Waals surface area contributed by atoms with E-state index in [1.54, 1.807) is 12.1 Å². The molecule has 4 nitrogen and oxygen atoms in total. The molecule has 94 valence electrons. The highest BCUT2D eigenvalue weighted by molar-refractivity contribution is 7.09. The zero-order valence-electron chi connectivity index (χ0n) is 9.81. The predicted octanol–water partition coefficient (Wildman–Crippen LogP) is 2.93. The van der Waals surface area contributed by atoms with Crippen LogP contribution in [0.25, 0.3) is 11.4 Å². The van der Waals surface area contributed by atoms with Crippen LogP contribution in [0.5, 0.6) is 5.75 Å². The molecule has 3 rings (SSSR count). The van der Waals surface area contributed by atoms with E-state index in [1.165, 1.54) is 37.6 Å². The average Bonchev–Trinajstić information content (AvgIpc) is 3.06. The quantitative estimate of drug-likeness (QED) is 0.923. The van der Waals surface area contributed by atoms with Gasteiger partial charge in [-0.1, -0.05) is 0 Å². The van der Waals surface area contributed by atoms with Crippen molar-refractivity contribution in [3.63, 3.8) is 0 Å². The van der Waals surface area contributed by atoms with Gasteiger partial charge in [-0.05, 0) is 31.0 Å². The molecule has 0 atom stereocenters. The van der Waals surface area contributed by atoms with Gasteiger partial charge in [-0.25, -0.2) is 4.39 Å². The molecule has 1 N–H and O–H groups in total. The summed E-state index contributed by atoms with van der Waals surface area (Å²) in [5.74, 6) is 0.424. The van der Waals surface area contributed by atoms with Crippen molar-refractivity contribution < 1.29 is 9.13 Å². The summed E-state index contributed by atoms with van der Waals surface area (Å²) in [5, 5.41) is 4.10. The highest BCUT2D eigenvalue weighted by atomic mass is 32.1. The number of anilines is 1. The second kappa shape index (κ2) is 4.53. The Morgan fingerprint density at radius 3 is 3.00 bits per heavy atom. The summed E-state index contributed by atoms with van der Waals surface area (Å²) in [4.78, 5) is 4.38. The van der Waals surface area contributed by atoms with E-state index in [-0.39, 0.29) is 11.6 Å². The molecule has 18 heavy (non-hydrogen) atoms. The van der Waals surface area contributed by atoms with E-state index in [9.17, 15) is 4.39 Å². The molecule has 1 aliphatic carbocycles. The summed E-state index contributed by atoms with van der Waals surface area (Å²) in [6.45, 7) is 0. The summed E-state index contributed by atoms with van der Waals surface area (Å²) in [7, 11) is 1.44. The smallest absolute Gasteiger partial charge is 0.203 e. The van der Waals surface area contributed by atoms with Crippen molar-refractivity contribution in [1.82, 2.24) is 9.36 Å². The molecule has 1 fully saturated rings. The fraction of sp³-hybridized carbons (Fsp3) is 0.333. The van der Waals surface area contributed by atoms with E-state index in [0.29, 0.717) is 11.9 Å². The largest absolute Gasteiger partial charge is 0.494 e. The van der Waals surface area contributed by atoms with Crippen molar-refractivity contribution >= 4 is 16.7 Å². The number of halogens is 1.